The fourth-order valence-electron chi connectivity index (χ4n) is 7.66. The summed E-state index contributed by atoms with van der Waals surface area (Å²) in [7, 11) is 0. The molecule has 0 aliphatic rings. The number of aryl methyl sites for hydroxylation is 2. The Morgan fingerprint density at radius 3 is 0.631 bits per heavy atom. The number of benzene rings is 3. The van der Waals surface area contributed by atoms with Crippen molar-refractivity contribution >= 4 is 21.5 Å². The lowest BCUT2D eigenvalue weighted by Gasteiger charge is -2.42. The van der Waals surface area contributed by atoms with E-state index in [1.807, 2.05) is 0 Å². The molecule has 5 aromatic rings. The smallest absolute Gasteiger partial charge is 0.270 e. The highest BCUT2D eigenvalue weighted by Gasteiger charge is 2.97. The van der Waals surface area contributed by atoms with Crippen LogP contribution in [0.3, 0.4) is 0 Å². The Hall–Kier alpha value is -6.44. The lowest BCUT2D eigenvalue weighted by Crippen LogP contribution is -2.74. The van der Waals surface area contributed by atoms with Gasteiger partial charge in [-0.05, 0) is 47.2 Å². The lowest BCUT2D eigenvalue weighted by molar-refractivity contribution is -0.461. The van der Waals surface area contributed by atoms with E-state index in [4.69, 9.17) is 0 Å². The average molecular weight is 1290 g/mol. The predicted molar refractivity (Wildman–Crippen MR) is 214 cm³/mol. The van der Waals surface area contributed by atoms with Gasteiger partial charge in [0.05, 0.1) is 34.6 Å². The standard InChI is InChI=1S/C44H22F34N2O4/c45-29(46,31(49,50)33(53,54)35(57,58)37(61,62)39(65,66)41(69,70)43(73,74)75)11-9-17-1-5-19(6-2-17)15-79-25(81)21-13-23-24(14-22(21)26(79)82)28(84)80(27(23)83)16-20-7-3-18(4-8-20)10-12-30(47,48)32(51,52)34(55,56)36(59,60)38(63,64)40(67,68)42(71,72)44(76,77)78/h1-8,13-14H,9-12,15-16H2. The molecule has 6 nitrogen and oxygen atoms in total. The molecule has 0 atom stereocenters. The maximum Gasteiger partial charge on any atom is 0.460 e. The summed E-state index contributed by atoms with van der Waals surface area (Å²) in [6.07, 6.45) is -24.9. The summed E-state index contributed by atoms with van der Waals surface area (Å²) in [5.41, 5.74) is -6.95. The summed E-state index contributed by atoms with van der Waals surface area (Å²) in [4.78, 5) is 53.3. The molecule has 0 saturated carbocycles. The summed E-state index contributed by atoms with van der Waals surface area (Å²) < 4.78 is 464. The Kier molecular flexibility index (Phi) is 16.3. The molecule has 0 radical (unpaired) electrons. The first-order valence-corrected chi connectivity index (χ1v) is 21.7. The highest BCUT2D eigenvalue weighted by Crippen LogP contribution is 2.66. The number of hydrogen-bond acceptors (Lipinski definition) is 4. The van der Waals surface area contributed by atoms with Crippen molar-refractivity contribution in [1.29, 1.82) is 0 Å². The van der Waals surface area contributed by atoms with Gasteiger partial charge in [0, 0.05) is 12.8 Å². The van der Waals surface area contributed by atoms with Crippen molar-refractivity contribution in [2.24, 2.45) is 0 Å². The Morgan fingerprint density at radius 1 is 0.250 bits per heavy atom. The molecule has 0 saturated heterocycles. The first kappa shape index (κ1) is 68.3. The number of hydrogen-bond donors (Lipinski definition) is 0. The van der Waals surface area contributed by atoms with Crippen LogP contribution in [-0.4, -0.2) is 104 Å². The Balaban J connectivity index is 1.30. The van der Waals surface area contributed by atoms with Crippen LogP contribution >= 0.6 is 0 Å². The van der Waals surface area contributed by atoms with Crippen molar-refractivity contribution in [2.75, 3.05) is 0 Å². The molecule has 2 aromatic heterocycles. The van der Waals surface area contributed by atoms with E-state index in [1.165, 1.54) is 0 Å². The molecular weight excluding hydrogens is 1270 g/mol. The summed E-state index contributed by atoms with van der Waals surface area (Å²) in [6.45, 7) is -1.71. The Morgan fingerprint density at radius 2 is 0.429 bits per heavy atom. The summed E-state index contributed by atoms with van der Waals surface area (Å²) in [6, 6.07) is 6.92. The van der Waals surface area contributed by atoms with E-state index >= 15 is 0 Å². The van der Waals surface area contributed by atoms with Crippen molar-refractivity contribution in [2.45, 2.75) is 134 Å². The topological polar surface area (TPSA) is 78.1 Å². The second kappa shape index (κ2) is 20.1. The van der Waals surface area contributed by atoms with Gasteiger partial charge in [-0.25, -0.2) is 0 Å². The van der Waals surface area contributed by atoms with Crippen LogP contribution in [0.1, 0.15) is 35.1 Å². The van der Waals surface area contributed by atoms with Crippen LogP contribution in [0.25, 0.3) is 21.5 Å². The van der Waals surface area contributed by atoms with Gasteiger partial charge in [0.25, 0.3) is 22.2 Å². The van der Waals surface area contributed by atoms with Gasteiger partial charge in [-0.1, -0.05) is 48.5 Å². The highest BCUT2D eigenvalue weighted by molar-refractivity contribution is 5.97. The second-order valence-corrected chi connectivity index (χ2v) is 18.3. The summed E-state index contributed by atoms with van der Waals surface area (Å²) in [5, 5.41) is -2.49. The van der Waals surface area contributed by atoms with E-state index in [-0.39, 0.29) is 11.1 Å². The fourth-order valence-corrected chi connectivity index (χ4v) is 7.66. The minimum absolute atomic E-state index is 0.236. The highest BCUT2D eigenvalue weighted by atomic mass is 19.4. The number of fused-ring (bicyclic) bond motifs is 2. The molecule has 0 aliphatic heterocycles. The second-order valence-electron chi connectivity index (χ2n) is 18.3. The molecule has 40 heteroatoms. The zero-order valence-electron chi connectivity index (χ0n) is 39.4. The normalized spacial score (nSPS) is 15.3. The van der Waals surface area contributed by atoms with Gasteiger partial charge < -0.3 is 0 Å². The first-order valence-electron chi connectivity index (χ1n) is 21.7. The van der Waals surface area contributed by atoms with Crippen LogP contribution < -0.4 is 22.2 Å². The van der Waals surface area contributed by atoms with Crippen LogP contribution in [-0.2, 0) is 25.9 Å². The van der Waals surface area contributed by atoms with Gasteiger partial charge in [0.2, 0.25) is 0 Å². The van der Waals surface area contributed by atoms with E-state index in [2.05, 4.69) is 0 Å². The zero-order chi connectivity index (χ0) is 65.4. The number of rotatable bonds is 22. The predicted octanol–water partition coefficient (Wildman–Crippen LogP) is 13.9. The third-order valence-electron chi connectivity index (χ3n) is 12.8. The molecule has 2 heterocycles. The molecule has 0 unspecified atom stereocenters. The van der Waals surface area contributed by atoms with Gasteiger partial charge in [0.15, 0.2) is 0 Å². The van der Waals surface area contributed by atoms with E-state index in [0.29, 0.717) is 45.5 Å². The molecule has 0 fully saturated rings. The summed E-state index contributed by atoms with van der Waals surface area (Å²) in [5.74, 6) is -116. The quantitative estimate of drug-likeness (QED) is 0.0647. The number of halogens is 34. The van der Waals surface area contributed by atoms with Gasteiger partial charge in [-0.3, -0.25) is 28.3 Å². The third kappa shape index (κ3) is 9.75. The van der Waals surface area contributed by atoms with Crippen molar-refractivity contribution in [1.82, 2.24) is 9.13 Å². The SMILES string of the molecule is O=c1c2cc3c(=O)n(Cc4ccc(CCC(F)(F)C(F)(F)C(F)(F)C(F)(F)C(F)(F)C(F)(F)C(F)(F)C(F)(F)F)cc4)c(=O)c3cc2c(=O)n1Cc1ccc(CCC(F)(F)C(F)(F)C(F)(F)C(F)(F)C(F)(F)C(F)(F)C(F)(F)C(F)(F)F)cc1. The van der Waals surface area contributed by atoms with E-state index in [9.17, 15) is 168 Å². The van der Waals surface area contributed by atoms with Gasteiger partial charge in [0.1, 0.15) is 0 Å². The fraction of sp³-hybridized carbons (Fsp3) is 0.500. The molecule has 5 rings (SSSR count). The average Bonchev–Trinajstić information content (AvgIpc) is 3.49. The van der Waals surface area contributed by atoms with E-state index < -0.39 is 189 Å². The van der Waals surface area contributed by atoms with E-state index in [0.717, 1.165) is 24.3 Å². The molecule has 0 aliphatic carbocycles. The van der Waals surface area contributed by atoms with Crippen molar-refractivity contribution < 1.29 is 149 Å². The van der Waals surface area contributed by atoms with Crippen molar-refractivity contribution in [3.8, 4) is 0 Å². The number of alkyl halides is 34. The Labute approximate surface area is 438 Å². The van der Waals surface area contributed by atoms with Crippen LogP contribution in [0, 0.1) is 0 Å². The largest absolute Gasteiger partial charge is 0.460 e. The van der Waals surface area contributed by atoms with Gasteiger partial charge in [-0.15, -0.1) is 0 Å². The minimum atomic E-state index is -8.83. The van der Waals surface area contributed by atoms with Crippen LogP contribution in [0.5, 0.6) is 0 Å². The van der Waals surface area contributed by atoms with Gasteiger partial charge in [-0.2, -0.15) is 149 Å². The first-order chi connectivity index (χ1) is 37.2. The van der Waals surface area contributed by atoms with E-state index in [1.54, 1.807) is 0 Å². The molecule has 84 heavy (non-hydrogen) atoms. The number of nitrogens with zero attached hydrogens (tertiary/aromatic N) is 2. The zero-order valence-corrected chi connectivity index (χ0v) is 39.4. The van der Waals surface area contributed by atoms with Crippen LogP contribution in [0.2, 0.25) is 0 Å². The lowest BCUT2D eigenvalue weighted by atomic mass is 9.87. The molecule has 470 valence electrons. The molecule has 0 amide bonds. The maximum atomic E-state index is 14.5. The molecule has 0 spiro atoms. The van der Waals surface area contributed by atoms with Crippen molar-refractivity contribution in [3.05, 3.63) is 124 Å². The molecule has 0 bridgehead atoms. The maximum absolute atomic E-state index is 14.5. The van der Waals surface area contributed by atoms with Gasteiger partial charge >= 0.3 is 95.3 Å². The monoisotopic (exact) mass is 1290 g/mol. The summed E-state index contributed by atoms with van der Waals surface area (Å²) >= 11 is 0. The van der Waals surface area contributed by atoms with Crippen LogP contribution in [0.4, 0.5) is 149 Å². The molecule has 0 N–H and O–H groups in total. The van der Waals surface area contributed by atoms with Crippen molar-refractivity contribution in [3.63, 3.8) is 0 Å². The number of aromatic nitrogens is 2. The third-order valence-corrected chi connectivity index (χ3v) is 12.8. The van der Waals surface area contributed by atoms with Crippen LogP contribution in [0.15, 0.2) is 79.8 Å². The Bertz CT molecular complexity index is 3190. The molecule has 3 aromatic carbocycles. The molecular formula is C44H22F34N2O4. The minimum Gasteiger partial charge on any atom is -0.270 e.